The Balaban J connectivity index is 3.41. The molecule has 6 heteroatoms. The lowest BCUT2D eigenvalue weighted by atomic mass is 10.0. The zero-order chi connectivity index (χ0) is 28.8. The quantitative estimate of drug-likeness (QED) is 0.0702. The number of carbonyl (C=O) groups is 2. The number of unbranched alkanes of at least 4 members (excludes halogenated alkanes) is 18. The number of esters is 2. The first kappa shape index (κ1) is 37.8. The molecule has 0 aliphatic rings. The molecule has 5 nitrogen and oxygen atoms in total. The summed E-state index contributed by atoms with van der Waals surface area (Å²) in [6, 6.07) is -0.654. The fraction of sp³-hybridized carbons (Fsp3) is 0.939. The average molecular weight is 558 g/mol. The van der Waals surface area contributed by atoms with Gasteiger partial charge in [0.15, 0.2) is 0 Å². The molecular weight excluding hydrogens is 493 g/mol. The van der Waals surface area contributed by atoms with Crippen molar-refractivity contribution in [3.05, 3.63) is 0 Å². The van der Waals surface area contributed by atoms with Gasteiger partial charge in [0.1, 0.15) is 12.2 Å². The number of hydrogen-bond donors (Lipinski definition) is 1. The van der Waals surface area contributed by atoms with Crippen LogP contribution in [0.4, 0.5) is 4.39 Å². The van der Waals surface area contributed by atoms with Crippen LogP contribution in [0.15, 0.2) is 0 Å². The summed E-state index contributed by atoms with van der Waals surface area (Å²) in [5.74, 6) is -0.548. The molecule has 0 heterocycles. The van der Waals surface area contributed by atoms with Crippen molar-refractivity contribution in [1.82, 2.24) is 0 Å². The first-order valence-corrected chi connectivity index (χ1v) is 16.7. The van der Waals surface area contributed by atoms with Crippen LogP contribution in [0.3, 0.4) is 0 Å². The summed E-state index contributed by atoms with van der Waals surface area (Å²) in [4.78, 5) is 23.8. The van der Waals surface area contributed by atoms with Crippen LogP contribution in [0, 0.1) is 0 Å². The molecule has 0 aromatic heterocycles. The summed E-state index contributed by atoms with van der Waals surface area (Å²) >= 11 is 0. The normalized spacial score (nSPS) is 12.8. The molecule has 2 atom stereocenters. The number of rotatable bonds is 30. The predicted octanol–water partition coefficient (Wildman–Crippen LogP) is 9.53. The Morgan fingerprint density at radius 3 is 1.62 bits per heavy atom. The van der Waals surface area contributed by atoms with Gasteiger partial charge in [-0.25, -0.2) is 4.39 Å². The van der Waals surface area contributed by atoms with Gasteiger partial charge in [0, 0.05) is 12.8 Å². The van der Waals surface area contributed by atoms with Gasteiger partial charge in [0.2, 0.25) is 0 Å². The molecule has 0 saturated carbocycles. The van der Waals surface area contributed by atoms with Gasteiger partial charge in [0.05, 0.1) is 13.2 Å². The average Bonchev–Trinajstić information content (AvgIpc) is 2.92. The van der Waals surface area contributed by atoms with E-state index in [2.05, 4.69) is 13.8 Å². The molecular formula is C33H64FNO4. The highest BCUT2D eigenvalue weighted by atomic mass is 19.1. The van der Waals surface area contributed by atoms with Gasteiger partial charge in [-0.1, -0.05) is 136 Å². The maximum atomic E-state index is 13.7. The van der Waals surface area contributed by atoms with Gasteiger partial charge in [-0.15, -0.1) is 0 Å². The van der Waals surface area contributed by atoms with Crippen LogP contribution in [0.2, 0.25) is 0 Å². The number of ether oxygens (including phenoxy) is 2. The SMILES string of the molecule is CCCCCCCCCCCCCCCCOC(=O)CCCCCCC(N)C(=O)OCCC(F)CCCCC. The molecule has 0 bridgehead atoms. The minimum atomic E-state index is -0.911. The molecule has 0 amide bonds. The Hall–Kier alpha value is -1.17. The number of carbonyl (C=O) groups excluding carboxylic acids is 2. The van der Waals surface area contributed by atoms with E-state index >= 15 is 0 Å². The van der Waals surface area contributed by atoms with E-state index in [1.807, 2.05) is 0 Å². The van der Waals surface area contributed by atoms with Gasteiger partial charge in [-0.2, -0.15) is 0 Å². The van der Waals surface area contributed by atoms with Crippen molar-refractivity contribution in [1.29, 1.82) is 0 Å². The molecule has 0 aliphatic carbocycles. The third-order valence-electron chi connectivity index (χ3n) is 7.51. The summed E-state index contributed by atoms with van der Waals surface area (Å²) < 4.78 is 24.2. The van der Waals surface area contributed by atoms with E-state index in [1.165, 1.54) is 77.0 Å². The molecule has 0 aromatic rings. The van der Waals surface area contributed by atoms with E-state index in [9.17, 15) is 14.0 Å². The lowest BCUT2D eigenvalue weighted by Gasteiger charge is -2.13. The Kier molecular flexibility index (Phi) is 28.9. The number of nitrogens with two attached hydrogens (primary N) is 1. The molecule has 2 N–H and O–H groups in total. The Labute approximate surface area is 240 Å². The van der Waals surface area contributed by atoms with Crippen LogP contribution < -0.4 is 5.73 Å². The summed E-state index contributed by atoms with van der Waals surface area (Å²) in [7, 11) is 0. The second kappa shape index (κ2) is 29.8. The van der Waals surface area contributed by atoms with Crippen molar-refractivity contribution in [2.45, 2.75) is 187 Å². The zero-order valence-corrected chi connectivity index (χ0v) is 25.8. The van der Waals surface area contributed by atoms with Gasteiger partial charge in [-0.05, 0) is 25.7 Å². The topological polar surface area (TPSA) is 78.6 Å². The molecule has 0 radical (unpaired) electrons. The number of halogens is 1. The van der Waals surface area contributed by atoms with Crippen LogP contribution in [-0.2, 0) is 19.1 Å². The van der Waals surface area contributed by atoms with E-state index < -0.39 is 18.2 Å². The van der Waals surface area contributed by atoms with Crippen molar-refractivity contribution >= 4 is 11.9 Å². The summed E-state index contributed by atoms with van der Waals surface area (Å²) in [5, 5.41) is 0. The first-order valence-electron chi connectivity index (χ1n) is 16.7. The minimum absolute atomic E-state index is 0.0985. The Bertz CT molecular complexity index is 546. The monoisotopic (exact) mass is 557 g/mol. The van der Waals surface area contributed by atoms with Gasteiger partial charge >= 0.3 is 11.9 Å². The summed E-state index contributed by atoms with van der Waals surface area (Å²) in [6.07, 6.45) is 25.8. The number of alkyl halides is 1. The van der Waals surface area contributed by atoms with E-state index in [-0.39, 0.29) is 19.0 Å². The van der Waals surface area contributed by atoms with Gasteiger partial charge in [0.25, 0.3) is 0 Å². The Morgan fingerprint density at radius 1 is 0.564 bits per heavy atom. The fourth-order valence-electron chi connectivity index (χ4n) is 4.81. The van der Waals surface area contributed by atoms with Crippen molar-refractivity contribution in [2.24, 2.45) is 5.73 Å². The molecule has 0 saturated heterocycles. The lowest BCUT2D eigenvalue weighted by molar-refractivity contribution is -0.146. The van der Waals surface area contributed by atoms with Crippen LogP contribution in [0.5, 0.6) is 0 Å². The maximum absolute atomic E-state index is 13.7. The number of hydrogen-bond acceptors (Lipinski definition) is 5. The highest BCUT2D eigenvalue weighted by molar-refractivity contribution is 5.75. The van der Waals surface area contributed by atoms with Crippen molar-refractivity contribution in [3.63, 3.8) is 0 Å². The zero-order valence-electron chi connectivity index (χ0n) is 25.8. The third kappa shape index (κ3) is 28.2. The largest absolute Gasteiger partial charge is 0.466 e. The Morgan fingerprint density at radius 2 is 1.03 bits per heavy atom. The second-order valence-electron chi connectivity index (χ2n) is 11.4. The fourth-order valence-corrected chi connectivity index (χ4v) is 4.81. The van der Waals surface area contributed by atoms with Crippen molar-refractivity contribution in [2.75, 3.05) is 13.2 Å². The second-order valence-corrected chi connectivity index (χ2v) is 11.4. The molecule has 232 valence electrons. The van der Waals surface area contributed by atoms with Crippen LogP contribution >= 0.6 is 0 Å². The molecule has 0 aromatic carbocycles. The lowest BCUT2D eigenvalue weighted by Crippen LogP contribution is -2.32. The molecule has 0 aliphatic heterocycles. The maximum Gasteiger partial charge on any atom is 0.322 e. The van der Waals surface area contributed by atoms with Crippen molar-refractivity contribution in [3.8, 4) is 0 Å². The molecule has 39 heavy (non-hydrogen) atoms. The van der Waals surface area contributed by atoms with Gasteiger partial charge in [-0.3, -0.25) is 9.59 Å². The summed E-state index contributed by atoms with van der Waals surface area (Å²) in [6.45, 7) is 4.99. The highest BCUT2D eigenvalue weighted by Gasteiger charge is 2.15. The minimum Gasteiger partial charge on any atom is -0.466 e. The first-order chi connectivity index (χ1) is 19.0. The summed E-state index contributed by atoms with van der Waals surface area (Å²) in [5.41, 5.74) is 5.90. The van der Waals surface area contributed by atoms with E-state index in [4.69, 9.17) is 15.2 Å². The van der Waals surface area contributed by atoms with Crippen molar-refractivity contribution < 1.29 is 23.5 Å². The van der Waals surface area contributed by atoms with Crippen LogP contribution in [0.25, 0.3) is 0 Å². The smallest absolute Gasteiger partial charge is 0.322 e. The van der Waals surface area contributed by atoms with Gasteiger partial charge < -0.3 is 15.2 Å². The highest BCUT2D eigenvalue weighted by Crippen LogP contribution is 2.14. The molecule has 2 unspecified atom stereocenters. The van der Waals surface area contributed by atoms with E-state index in [0.717, 1.165) is 57.8 Å². The van der Waals surface area contributed by atoms with E-state index in [1.54, 1.807) is 0 Å². The standard InChI is InChI=1S/C33H64FNO4/c1-3-5-7-8-9-10-11-12-13-14-15-16-19-23-28-38-32(36)26-22-18-17-21-25-31(35)33(37)39-29-27-30(34)24-20-6-4-2/h30-31H,3-29,35H2,1-2H3. The molecule has 0 rings (SSSR count). The van der Waals surface area contributed by atoms with Crippen LogP contribution in [-0.4, -0.2) is 37.4 Å². The van der Waals surface area contributed by atoms with E-state index in [0.29, 0.717) is 25.9 Å². The third-order valence-corrected chi connectivity index (χ3v) is 7.51. The predicted molar refractivity (Wildman–Crippen MR) is 162 cm³/mol. The molecule has 0 fully saturated rings. The van der Waals surface area contributed by atoms with Crippen LogP contribution in [0.1, 0.15) is 174 Å². The molecule has 0 spiro atoms.